The van der Waals surface area contributed by atoms with Crippen molar-refractivity contribution in [2.24, 2.45) is 0 Å². The number of anilines is 1. The summed E-state index contributed by atoms with van der Waals surface area (Å²) in [6.45, 7) is 4.77. The van der Waals surface area contributed by atoms with Crippen LogP contribution in [-0.4, -0.2) is 50.5 Å². The number of nitrogens with one attached hydrogen (secondary N) is 1. The lowest BCUT2D eigenvalue weighted by molar-refractivity contribution is 0.0600. The molecule has 0 radical (unpaired) electrons. The molecule has 1 aromatic rings. The SMILES string of the molecule is CCN(c1cc(C#CCO)cc(C(=O)OC)c1C)C1CCC(NC)CC1. The summed E-state index contributed by atoms with van der Waals surface area (Å²) in [6, 6.07) is 4.82. The van der Waals surface area contributed by atoms with E-state index in [9.17, 15) is 4.79 Å². The summed E-state index contributed by atoms with van der Waals surface area (Å²) < 4.78 is 4.96. The Bertz CT molecular complexity index is 682. The highest BCUT2D eigenvalue weighted by molar-refractivity contribution is 5.93. The van der Waals surface area contributed by atoms with Crippen molar-refractivity contribution in [3.63, 3.8) is 0 Å². The van der Waals surface area contributed by atoms with Crippen molar-refractivity contribution in [1.29, 1.82) is 0 Å². The smallest absolute Gasteiger partial charge is 0.338 e. The number of ether oxygens (including phenoxy) is 1. The zero-order valence-corrected chi connectivity index (χ0v) is 16.3. The molecule has 0 spiro atoms. The lowest BCUT2D eigenvalue weighted by atomic mass is 9.89. The minimum absolute atomic E-state index is 0.206. The van der Waals surface area contributed by atoms with Gasteiger partial charge >= 0.3 is 5.97 Å². The van der Waals surface area contributed by atoms with Gasteiger partial charge in [-0.05, 0) is 64.3 Å². The van der Waals surface area contributed by atoms with Gasteiger partial charge < -0.3 is 20.1 Å². The van der Waals surface area contributed by atoms with Gasteiger partial charge in [0.15, 0.2) is 0 Å². The maximum Gasteiger partial charge on any atom is 0.338 e. The highest BCUT2D eigenvalue weighted by atomic mass is 16.5. The molecule has 2 rings (SSSR count). The van der Waals surface area contributed by atoms with Crippen LogP contribution in [0.2, 0.25) is 0 Å². The van der Waals surface area contributed by atoms with Crippen LogP contribution in [0.1, 0.15) is 54.1 Å². The molecule has 0 aliphatic heterocycles. The molecule has 5 heteroatoms. The number of methoxy groups -OCH3 is 1. The van der Waals surface area contributed by atoms with Crippen LogP contribution in [0.15, 0.2) is 12.1 Å². The van der Waals surface area contributed by atoms with E-state index < -0.39 is 0 Å². The number of benzene rings is 1. The second-order valence-electron chi connectivity index (χ2n) is 6.70. The Kier molecular flexibility index (Phi) is 7.50. The van der Waals surface area contributed by atoms with Gasteiger partial charge in [0.1, 0.15) is 6.61 Å². The molecule has 0 heterocycles. The number of carbonyl (C=O) groups excluding carboxylic acids is 1. The first-order valence-corrected chi connectivity index (χ1v) is 9.32. The standard InChI is InChI=1S/C21H30N2O3/c1-5-23(18-10-8-17(22-3)9-11-18)20-14-16(7-6-12-24)13-19(15(20)2)21(25)26-4/h13-14,17-18,22,24H,5,8-12H2,1-4H3. The molecule has 1 aliphatic rings. The fourth-order valence-electron chi connectivity index (χ4n) is 3.83. The maximum atomic E-state index is 12.2. The van der Waals surface area contributed by atoms with E-state index in [1.807, 2.05) is 20.0 Å². The number of hydrogen-bond acceptors (Lipinski definition) is 5. The quantitative estimate of drug-likeness (QED) is 0.625. The Morgan fingerprint density at radius 2 is 2.04 bits per heavy atom. The number of esters is 1. The van der Waals surface area contributed by atoms with Crippen LogP contribution < -0.4 is 10.2 Å². The predicted molar refractivity (Wildman–Crippen MR) is 105 cm³/mol. The number of hydrogen-bond donors (Lipinski definition) is 2. The van der Waals surface area contributed by atoms with Crippen LogP contribution in [-0.2, 0) is 4.74 Å². The molecule has 1 fully saturated rings. The summed E-state index contributed by atoms with van der Waals surface area (Å²) >= 11 is 0. The number of carbonyl (C=O) groups is 1. The molecule has 0 amide bonds. The molecular formula is C21H30N2O3. The van der Waals surface area contributed by atoms with Gasteiger partial charge in [-0.2, -0.15) is 0 Å². The van der Waals surface area contributed by atoms with Crippen LogP contribution >= 0.6 is 0 Å². The zero-order valence-electron chi connectivity index (χ0n) is 16.3. The summed E-state index contributed by atoms with van der Waals surface area (Å²) in [7, 11) is 3.42. The summed E-state index contributed by atoms with van der Waals surface area (Å²) in [6.07, 6.45) is 4.56. The Hall–Kier alpha value is -2.03. The molecule has 0 saturated heterocycles. The van der Waals surface area contributed by atoms with Crippen molar-refractivity contribution < 1.29 is 14.6 Å². The monoisotopic (exact) mass is 358 g/mol. The highest BCUT2D eigenvalue weighted by Crippen LogP contribution is 2.32. The molecule has 142 valence electrons. The third-order valence-electron chi connectivity index (χ3n) is 5.29. The van der Waals surface area contributed by atoms with Gasteiger partial charge in [-0.15, -0.1) is 0 Å². The largest absolute Gasteiger partial charge is 0.465 e. The fourth-order valence-corrected chi connectivity index (χ4v) is 3.83. The van der Waals surface area contributed by atoms with Crippen LogP contribution in [0.3, 0.4) is 0 Å². The highest BCUT2D eigenvalue weighted by Gasteiger charge is 2.27. The summed E-state index contributed by atoms with van der Waals surface area (Å²) in [5.74, 6) is 5.25. The average molecular weight is 358 g/mol. The molecule has 2 N–H and O–H groups in total. The summed E-state index contributed by atoms with van der Waals surface area (Å²) in [4.78, 5) is 14.6. The van der Waals surface area contributed by atoms with Gasteiger partial charge in [0.2, 0.25) is 0 Å². The molecule has 0 unspecified atom stereocenters. The molecule has 1 aliphatic carbocycles. The number of aliphatic hydroxyl groups is 1. The van der Waals surface area contributed by atoms with E-state index in [1.165, 1.54) is 7.11 Å². The third-order valence-corrected chi connectivity index (χ3v) is 5.29. The van der Waals surface area contributed by atoms with Crippen molar-refractivity contribution in [3.05, 3.63) is 28.8 Å². The molecule has 1 saturated carbocycles. The van der Waals surface area contributed by atoms with Gasteiger partial charge in [-0.25, -0.2) is 4.79 Å². The zero-order chi connectivity index (χ0) is 19.1. The van der Waals surface area contributed by atoms with Crippen molar-refractivity contribution in [2.45, 2.75) is 51.6 Å². The second-order valence-corrected chi connectivity index (χ2v) is 6.70. The van der Waals surface area contributed by atoms with E-state index >= 15 is 0 Å². The molecular weight excluding hydrogens is 328 g/mol. The summed E-state index contributed by atoms with van der Waals surface area (Å²) in [5.41, 5.74) is 3.21. The maximum absolute atomic E-state index is 12.2. The first-order chi connectivity index (χ1) is 12.5. The van der Waals surface area contributed by atoms with Crippen molar-refractivity contribution in [2.75, 3.05) is 32.2 Å². The van der Waals surface area contributed by atoms with Gasteiger partial charge in [0, 0.05) is 29.9 Å². The van der Waals surface area contributed by atoms with E-state index in [2.05, 4.69) is 29.0 Å². The molecule has 26 heavy (non-hydrogen) atoms. The number of nitrogens with zero attached hydrogens (tertiary/aromatic N) is 1. The molecule has 0 aromatic heterocycles. The van der Waals surface area contributed by atoms with Gasteiger partial charge in [0.05, 0.1) is 12.7 Å². The first kappa shape index (κ1) is 20.3. The molecule has 1 aromatic carbocycles. The number of rotatable bonds is 5. The number of aliphatic hydroxyl groups excluding tert-OH is 1. The first-order valence-electron chi connectivity index (χ1n) is 9.32. The summed E-state index contributed by atoms with van der Waals surface area (Å²) in [5, 5.41) is 12.4. The van der Waals surface area contributed by atoms with Crippen molar-refractivity contribution >= 4 is 11.7 Å². The van der Waals surface area contributed by atoms with E-state index in [4.69, 9.17) is 9.84 Å². The minimum Gasteiger partial charge on any atom is -0.465 e. The van der Waals surface area contributed by atoms with Crippen LogP contribution in [0.5, 0.6) is 0 Å². The Morgan fingerprint density at radius 1 is 1.35 bits per heavy atom. The van der Waals surface area contributed by atoms with Crippen molar-refractivity contribution in [1.82, 2.24) is 5.32 Å². The Morgan fingerprint density at radius 3 is 2.58 bits per heavy atom. The molecule has 5 nitrogen and oxygen atoms in total. The van der Waals surface area contributed by atoms with E-state index in [-0.39, 0.29) is 12.6 Å². The molecule has 0 bridgehead atoms. The third kappa shape index (κ3) is 4.57. The van der Waals surface area contributed by atoms with E-state index in [0.717, 1.165) is 49.0 Å². The van der Waals surface area contributed by atoms with Crippen LogP contribution in [0.4, 0.5) is 5.69 Å². The lowest BCUT2D eigenvalue weighted by Crippen LogP contribution is -2.42. The Labute approximate surface area is 156 Å². The average Bonchev–Trinajstić information content (AvgIpc) is 2.68. The van der Waals surface area contributed by atoms with Gasteiger partial charge in [0.25, 0.3) is 0 Å². The van der Waals surface area contributed by atoms with Gasteiger partial charge in [-0.1, -0.05) is 11.8 Å². The minimum atomic E-state index is -0.355. The topological polar surface area (TPSA) is 61.8 Å². The Balaban J connectivity index is 2.42. The van der Waals surface area contributed by atoms with Crippen LogP contribution in [0, 0.1) is 18.8 Å². The fraction of sp³-hybridized carbons (Fsp3) is 0.571. The lowest BCUT2D eigenvalue weighted by Gasteiger charge is -2.39. The predicted octanol–water partition coefficient (Wildman–Crippen LogP) is 2.48. The van der Waals surface area contributed by atoms with Crippen molar-refractivity contribution in [3.8, 4) is 11.8 Å². The van der Waals surface area contributed by atoms with E-state index in [1.54, 1.807) is 6.07 Å². The van der Waals surface area contributed by atoms with Crippen LogP contribution in [0.25, 0.3) is 0 Å². The molecule has 0 atom stereocenters. The normalized spacial score (nSPS) is 19.4. The van der Waals surface area contributed by atoms with E-state index in [0.29, 0.717) is 17.6 Å². The van der Waals surface area contributed by atoms with Gasteiger partial charge in [-0.3, -0.25) is 0 Å². The second kappa shape index (κ2) is 9.61.